The third-order valence-corrected chi connectivity index (χ3v) is 6.85. The Balaban J connectivity index is 1.43. The van der Waals surface area contributed by atoms with E-state index in [1.807, 2.05) is 85.1 Å². The number of amides is 1. The predicted molar refractivity (Wildman–Crippen MR) is 151 cm³/mol. The van der Waals surface area contributed by atoms with Crippen molar-refractivity contribution in [2.75, 3.05) is 5.73 Å². The van der Waals surface area contributed by atoms with E-state index in [0.717, 1.165) is 28.1 Å². The number of anilines is 1. The Hall–Kier alpha value is -5.56. The van der Waals surface area contributed by atoms with Gasteiger partial charge in [0, 0.05) is 35.8 Å². The average Bonchev–Trinajstić information content (AvgIpc) is 3.48. The Morgan fingerprint density at radius 2 is 1.90 bits per heavy atom. The van der Waals surface area contributed by atoms with Gasteiger partial charge in [-0.25, -0.2) is 14.5 Å². The number of nitrogens with one attached hydrogen (secondary N) is 1. The van der Waals surface area contributed by atoms with E-state index in [0.29, 0.717) is 16.7 Å². The van der Waals surface area contributed by atoms with Gasteiger partial charge in [0.25, 0.3) is 5.91 Å². The standard InChI is InChI=1S/C30H25N9O/c1-19(34-30(40)25-28(31)36-39-16-7-14-33-29(25)39)23-18-24-27(35-26(23)20-8-5-4-6-9-20)21(12-15-32-24)10-11-22-13-17-37(2)38(22)3/h4-9,12-19H,1-3H3,(H2-,31,34,36,40)/p+1/t19-/m1/s1. The molecule has 0 aliphatic rings. The number of carbonyl (C=O) groups is 1. The third-order valence-electron chi connectivity index (χ3n) is 6.85. The molecule has 10 heteroatoms. The average molecular weight is 529 g/mol. The van der Waals surface area contributed by atoms with Crippen LogP contribution in [0.2, 0.25) is 0 Å². The fraction of sp³-hybridized carbons (Fsp3) is 0.133. The van der Waals surface area contributed by atoms with Gasteiger partial charge in [0.2, 0.25) is 0 Å². The summed E-state index contributed by atoms with van der Waals surface area (Å²) in [6, 6.07) is 16.9. The van der Waals surface area contributed by atoms with Crippen molar-refractivity contribution in [1.29, 1.82) is 0 Å². The summed E-state index contributed by atoms with van der Waals surface area (Å²) in [4.78, 5) is 27.3. The highest BCUT2D eigenvalue weighted by Crippen LogP contribution is 2.31. The molecule has 0 spiro atoms. The van der Waals surface area contributed by atoms with Gasteiger partial charge in [-0.05, 0) is 31.0 Å². The first-order chi connectivity index (χ1) is 19.4. The highest BCUT2D eigenvalue weighted by Gasteiger charge is 2.23. The number of nitrogens with two attached hydrogens (primary N) is 1. The van der Waals surface area contributed by atoms with Crippen LogP contribution in [0.15, 0.2) is 79.4 Å². The second-order valence-corrected chi connectivity index (χ2v) is 9.41. The summed E-state index contributed by atoms with van der Waals surface area (Å²) in [6.07, 6.45) is 6.98. The Bertz CT molecular complexity index is 1960. The minimum atomic E-state index is -0.433. The summed E-state index contributed by atoms with van der Waals surface area (Å²) in [5.41, 5.74) is 12.2. The molecular formula is C30H26N9O+. The minimum Gasteiger partial charge on any atom is -0.381 e. The molecule has 1 amide bonds. The van der Waals surface area contributed by atoms with E-state index >= 15 is 0 Å². The molecule has 1 aromatic carbocycles. The molecule has 5 aromatic heterocycles. The molecule has 0 bridgehead atoms. The summed E-state index contributed by atoms with van der Waals surface area (Å²) in [6.45, 7) is 1.90. The molecule has 0 aliphatic carbocycles. The second-order valence-electron chi connectivity index (χ2n) is 9.41. The van der Waals surface area contributed by atoms with Crippen molar-refractivity contribution in [2.45, 2.75) is 13.0 Å². The Morgan fingerprint density at radius 3 is 2.67 bits per heavy atom. The number of hydrogen-bond acceptors (Lipinski definition) is 6. The van der Waals surface area contributed by atoms with Crippen LogP contribution in [-0.2, 0) is 14.1 Å². The zero-order valence-corrected chi connectivity index (χ0v) is 22.2. The summed E-state index contributed by atoms with van der Waals surface area (Å²) in [7, 11) is 3.92. The molecule has 3 N–H and O–H groups in total. The van der Waals surface area contributed by atoms with Crippen LogP contribution in [0.3, 0.4) is 0 Å². The smallest absolute Gasteiger partial charge is 0.259 e. The van der Waals surface area contributed by atoms with Crippen LogP contribution >= 0.6 is 0 Å². The van der Waals surface area contributed by atoms with E-state index in [1.54, 1.807) is 24.7 Å². The fourth-order valence-corrected chi connectivity index (χ4v) is 4.62. The number of aryl methyl sites for hydroxylation is 1. The van der Waals surface area contributed by atoms with Crippen molar-refractivity contribution >= 4 is 28.4 Å². The number of fused-ring (bicyclic) bond motifs is 2. The number of carbonyl (C=O) groups excluding carboxylic acids is 1. The van der Waals surface area contributed by atoms with Crippen molar-refractivity contribution < 1.29 is 9.48 Å². The number of hydrogen-bond donors (Lipinski definition) is 2. The van der Waals surface area contributed by atoms with Crippen LogP contribution in [0.1, 0.15) is 40.1 Å². The predicted octanol–water partition coefficient (Wildman–Crippen LogP) is 2.98. The maximum absolute atomic E-state index is 13.4. The second kappa shape index (κ2) is 9.96. The quantitative estimate of drug-likeness (QED) is 0.268. The number of nitrogens with zero attached hydrogens (tertiary/aromatic N) is 7. The first kappa shape index (κ1) is 24.8. The molecule has 196 valence electrons. The molecular weight excluding hydrogens is 502 g/mol. The lowest BCUT2D eigenvalue weighted by atomic mass is 9.99. The van der Waals surface area contributed by atoms with E-state index in [1.165, 1.54) is 4.52 Å². The highest BCUT2D eigenvalue weighted by molar-refractivity contribution is 6.04. The van der Waals surface area contributed by atoms with Crippen molar-refractivity contribution in [3.05, 3.63) is 102 Å². The molecule has 0 fully saturated rings. The largest absolute Gasteiger partial charge is 0.381 e. The van der Waals surface area contributed by atoms with Crippen molar-refractivity contribution in [2.24, 2.45) is 14.1 Å². The molecule has 40 heavy (non-hydrogen) atoms. The van der Waals surface area contributed by atoms with Gasteiger partial charge in [-0.2, -0.15) is 0 Å². The van der Waals surface area contributed by atoms with Crippen molar-refractivity contribution in [1.82, 2.24) is 34.6 Å². The van der Waals surface area contributed by atoms with Crippen LogP contribution < -0.4 is 15.7 Å². The highest BCUT2D eigenvalue weighted by atomic mass is 16.1. The zero-order chi connectivity index (χ0) is 27.8. The third kappa shape index (κ3) is 4.39. The van der Waals surface area contributed by atoms with Gasteiger partial charge < -0.3 is 11.1 Å². The van der Waals surface area contributed by atoms with Gasteiger partial charge in [0.15, 0.2) is 30.4 Å². The molecule has 0 saturated carbocycles. The topological polar surface area (TPSA) is 120 Å². The van der Waals surface area contributed by atoms with E-state index in [2.05, 4.69) is 32.2 Å². The van der Waals surface area contributed by atoms with Crippen LogP contribution in [0.25, 0.3) is 27.9 Å². The number of nitrogen functional groups attached to an aromatic ring is 1. The van der Waals surface area contributed by atoms with Crippen LogP contribution in [-0.4, -0.2) is 35.2 Å². The lowest BCUT2D eigenvalue weighted by Gasteiger charge is -2.19. The van der Waals surface area contributed by atoms with Crippen LogP contribution in [0.4, 0.5) is 5.82 Å². The van der Waals surface area contributed by atoms with Crippen molar-refractivity contribution in [3.8, 4) is 23.1 Å². The lowest BCUT2D eigenvalue weighted by molar-refractivity contribution is -0.751. The summed E-state index contributed by atoms with van der Waals surface area (Å²) >= 11 is 0. The molecule has 6 aromatic rings. The molecule has 0 radical (unpaired) electrons. The SMILES string of the molecule is C[C@@H](NC(=O)c1c(N)nn2cccnc12)c1cc2nccc(C#Cc3cc[n+](C)n3C)c2nc1-c1ccccc1. The van der Waals surface area contributed by atoms with Gasteiger partial charge >= 0.3 is 0 Å². The van der Waals surface area contributed by atoms with E-state index in [4.69, 9.17) is 10.7 Å². The molecule has 5 heterocycles. The number of pyridine rings is 2. The normalized spacial score (nSPS) is 11.8. The first-order valence-corrected chi connectivity index (χ1v) is 12.7. The van der Waals surface area contributed by atoms with Gasteiger partial charge in [0.1, 0.15) is 11.1 Å². The molecule has 10 nitrogen and oxygen atoms in total. The lowest BCUT2D eigenvalue weighted by Crippen LogP contribution is -2.36. The number of benzene rings is 1. The van der Waals surface area contributed by atoms with Crippen LogP contribution in [0.5, 0.6) is 0 Å². The van der Waals surface area contributed by atoms with Crippen LogP contribution in [0, 0.1) is 11.8 Å². The van der Waals surface area contributed by atoms with E-state index in [9.17, 15) is 4.79 Å². The number of rotatable bonds is 4. The molecule has 0 aliphatic heterocycles. The maximum Gasteiger partial charge on any atom is 0.259 e. The summed E-state index contributed by atoms with van der Waals surface area (Å²) in [5, 5.41) is 7.27. The Kier molecular flexibility index (Phi) is 6.16. The molecule has 1 atom stereocenters. The summed E-state index contributed by atoms with van der Waals surface area (Å²) in [5.74, 6) is 6.25. The van der Waals surface area contributed by atoms with Crippen molar-refractivity contribution in [3.63, 3.8) is 0 Å². The van der Waals surface area contributed by atoms with Gasteiger partial charge in [-0.1, -0.05) is 36.3 Å². The monoisotopic (exact) mass is 528 g/mol. The van der Waals surface area contributed by atoms with E-state index < -0.39 is 6.04 Å². The van der Waals surface area contributed by atoms with Gasteiger partial charge in [-0.15, -0.1) is 14.5 Å². The molecule has 0 saturated heterocycles. The fourth-order valence-electron chi connectivity index (χ4n) is 4.62. The maximum atomic E-state index is 13.4. The molecule has 6 rings (SSSR count). The summed E-state index contributed by atoms with van der Waals surface area (Å²) < 4.78 is 5.41. The zero-order valence-electron chi connectivity index (χ0n) is 22.2. The van der Waals surface area contributed by atoms with Gasteiger partial charge in [0.05, 0.1) is 29.9 Å². The van der Waals surface area contributed by atoms with Gasteiger partial charge in [-0.3, -0.25) is 9.78 Å². The Labute approximate surface area is 230 Å². The number of aromatic nitrogens is 7. The first-order valence-electron chi connectivity index (χ1n) is 12.7. The van der Waals surface area contributed by atoms with E-state index in [-0.39, 0.29) is 17.3 Å². The minimum absolute atomic E-state index is 0.111. The Morgan fingerprint density at radius 1 is 1.07 bits per heavy atom. The molecule has 0 unspecified atom stereocenters.